The molecule has 8 rings (SSSR count). The molecule has 18 heteroatoms. The summed E-state index contributed by atoms with van der Waals surface area (Å²) >= 11 is 8.56. The van der Waals surface area contributed by atoms with Gasteiger partial charge in [0, 0.05) is 54.8 Å². The largest absolute Gasteiger partial charge is 0.491 e. The number of likely N-dealkylation sites (tertiary alicyclic amines) is 1. The number of nitrogens with zero attached hydrogens (tertiary/aromatic N) is 4. The van der Waals surface area contributed by atoms with Crippen LogP contribution in [-0.2, 0) is 23.9 Å². The van der Waals surface area contributed by atoms with Crippen molar-refractivity contribution >= 4 is 62.8 Å². The van der Waals surface area contributed by atoms with Gasteiger partial charge in [-0.3, -0.25) is 14.5 Å². The summed E-state index contributed by atoms with van der Waals surface area (Å²) in [5, 5.41) is 22.9. The first-order valence-electron chi connectivity index (χ1n) is 22.9. The lowest BCUT2D eigenvalue weighted by Crippen LogP contribution is -2.65. The van der Waals surface area contributed by atoms with Crippen molar-refractivity contribution in [3.8, 4) is 22.9 Å². The van der Waals surface area contributed by atoms with Crippen LogP contribution in [0.25, 0.3) is 22.3 Å². The number of halogens is 1. The predicted octanol–water partition coefficient (Wildman–Crippen LogP) is 6.61. The summed E-state index contributed by atoms with van der Waals surface area (Å²) in [4.78, 5) is 69.0. The van der Waals surface area contributed by atoms with Crippen LogP contribution in [0.3, 0.4) is 0 Å². The Kier molecular flexibility index (Phi) is 13.6. The molecule has 2 aliphatic heterocycles. The van der Waals surface area contributed by atoms with Crippen LogP contribution in [0.5, 0.6) is 11.5 Å². The van der Waals surface area contributed by atoms with Crippen LogP contribution >= 0.6 is 22.9 Å². The lowest BCUT2D eigenvalue weighted by Gasteiger charge is -2.41. The molecular formula is C47H62ClN7O9S. The zero-order valence-electron chi connectivity index (χ0n) is 38.2. The van der Waals surface area contributed by atoms with Gasteiger partial charge in [0.2, 0.25) is 11.8 Å². The van der Waals surface area contributed by atoms with E-state index in [0.717, 1.165) is 31.1 Å². The minimum Gasteiger partial charge on any atom is -0.491 e. The summed E-state index contributed by atoms with van der Waals surface area (Å²) < 4.78 is 24.4. The van der Waals surface area contributed by atoms with Crippen molar-refractivity contribution in [3.05, 3.63) is 40.8 Å². The fourth-order valence-corrected chi connectivity index (χ4v) is 11.0. The number of thiazole rings is 1. The molecule has 3 aliphatic carbocycles. The Labute approximate surface area is 389 Å². The van der Waals surface area contributed by atoms with E-state index in [2.05, 4.69) is 27.8 Å². The molecule has 1 aromatic carbocycles. The van der Waals surface area contributed by atoms with Gasteiger partial charge < -0.3 is 44.9 Å². The first-order valence-corrected chi connectivity index (χ1v) is 24.2. The number of carbonyl (C=O) groups is 4. The van der Waals surface area contributed by atoms with Crippen LogP contribution < -0.4 is 25.4 Å². The van der Waals surface area contributed by atoms with E-state index in [1.807, 2.05) is 53.0 Å². The monoisotopic (exact) mass is 935 g/mol. The minimum absolute atomic E-state index is 0.0207. The second-order valence-corrected chi connectivity index (χ2v) is 20.8. The molecule has 3 aromatic rings. The van der Waals surface area contributed by atoms with E-state index in [1.54, 1.807) is 18.2 Å². The summed E-state index contributed by atoms with van der Waals surface area (Å²) in [7, 11) is 0. The molecule has 0 bridgehead atoms. The van der Waals surface area contributed by atoms with Crippen molar-refractivity contribution in [3.63, 3.8) is 0 Å². The average Bonchev–Trinajstić information content (AvgIpc) is 3.74. The summed E-state index contributed by atoms with van der Waals surface area (Å²) in [5.74, 6) is -0.167. The molecule has 3 amide bonds. The quantitative estimate of drug-likeness (QED) is 0.112. The molecule has 2 aromatic heterocycles. The van der Waals surface area contributed by atoms with Gasteiger partial charge in [-0.25, -0.2) is 19.6 Å². The average molecular weight is 937 g/mol. The van der Waals surface area contributed by atoms with Crippen LogP contribution in [0.1, 0.15) is 74.1 Å². The fourth-order valence-electron chi connectivity index (χ4n) is 9.84. The minimum atomic E-state index is -1.63. The van der Waals surface area contributed by atoms with Crippen molar-refractivity contribution in [2.45, 2.75) is 110 Å². The Morgan fingerprint density at radius 1 is 1.05 bits per heavy atom. The van der Waals surface area contributed by atoms with Crippen LogP contribution in [-0.4, -0.2) is 131 Å². The lowest BCUT2D eigenvalue weighted by atomic mass is 9.72. The number of hydrogen-bond acceptors (Lipinski definition) is 13. The molecule has 9 atom stereocenters. The van der Waals surface area contributed by atoms with Gasteiger partial charge >= 0.3 is 12.1 Å². The first-order chi connectivity index (χ1) is 30.9. The number of aliphatic carboxylic acids is 1. The van der Waals surface area contributed by atoms with Gasteiger partial charge in [-0.1, -0.05) is 58.4 Å². The number of carboxylic acid groups (broad SMARTS) is 1. The number of benzene rings is 1. The summed E-state index contributed by atoms with van der Waals surface area (Å²) in [6, 6.07) is 3.30. The zero-order valence-corrected chi connectivity index (χ0v) is 39.8. The second kappa shape index (κ2) is 18.9. The van der Waals surface area contributed by atoms with Gasteiger partial charge in [-0.05, 0) is 68.4 Å². The maximum atomic E-state index is 14.9. The molecule has 352 valence electrons. The van der Waals surface area contributed by atoms with Crippen molar-refractivity contribution in [2.75, 3.05) is 51.3 Å². The van der Waals surface area contributed by atoms with Gasteiger partial charge in [0.1, 0.15) is 53.1 Å². The Balaban J connectivity index is 1.09. The molecule has 4 N–H and O–H groups in total. The van der Waals surface area contributed by atoms with Crippen LogP contribution in [0.4, 0.5) is 9.93 Å². The second-order valence-electron chi connectivity index (χ2n) is 19.6. The van der Waals surface area contributed by atoms with Crippen LogP contribution in [0, 0.1) is 29.1 Å². The highest BCUT2D eigenvalue weighted by Crippen LogP contribution is 2.57. The number of pyridine rings is 1. The first kappa shape index (κ1) is 46.8. The fraction of sp³-hybridized carbons (Fsp3) is 0.617. The van der Waals surface area contributed by atoms with E-state index >= 15 is 0 Å². The van der Waals surface area contributed by atoms with E-state index in [0.29, 0.717) is 89.4 Å². The molecule has 5 aliphatic rings. The van der Waals surface area contributed by atoms with Crippen LogP contribution in [0.2, 0.25) is 5.02 Å². The third-order valence-electron chi connectivity index (χ3n) is 13.7. The molecule has 4 fully saturated rings. The number of fused-ring (bicyclic) bond motifs is 2. The highest BCUT2D eigenvalue weighted by molar-refractivity contribution is 7.14. The molecule has 65 heavy (non-hydrogen) atoms. The number of alkyl carbamates (subject to hydrolysis) is 1. The molecule has 0 spiro atoms. The zero-order chi connectivity index (χ0) is 46.4. The van der Waals surface area contributed by atoms with Crippen molar-refractivity contribution < 1.29 is 43.2 Å². The number of hydrogen-bond donors (Lipinski definition) is 4. The maximum Gasteiger partial charge on any atom is 0.408 e. The van der Waals surface area contributed by atoms with E-state index in [1.165, 1.54) is 22.3 Å². The number of nitrogens with one attached hydrogen (secondary N) is 3. The number of carboxylic acids is 1. The van der Waals surface area contributed by atoms with E-state index in [-0.39, 0.29) is 25.1 Å². The molecule has 0 radical (unpaired) electrons. The number of carbonyl (C=O) groups excluding carboxylic acids is 3. The molecule has 16 nitrogen and oxygen atoms in total. The number of aromatic nitrogens is 2. The highest BCUT2D eigenvalue weighted by Gasteiger charge is 2.55. The Morgan fingerprint density at radius 3 is 2.43 bits per heavy atom. The van der Waals surface area contributed by atoms with Gasteiger partial charge in [-0.2, -0.15) is 0 Å². The Hall–Kier alpha value is -4.71. The molecule has 2 saturated heterocycles. The smallest absolute Gasteiger partial charge is 0.408 e. The number of ether oxygens (including phenoxy) is 4. The van der Waals surface area contributed by atoms with E-state index in [4.69, 9.17) is 40.5 Å². The predicted molar refractivity (Wildman–Crippen MR) is 247 cm³/mol. The molecule has 2 saturated carbocycles. The SMILES string of the molecule is CCC1C=C[C@]1(NC(=O)[C@@H]1C[C@@H](Oc2cc(-c3csc(NC(C)C)n3)nc3c(Cl)c(OCCN4CCOCC4)ccc23)CN1C(=O)[C@@H](NC(=O)O[C@@H]1C[C@@H]2[C@H](C)[C@@H]2C1)C(C)(C)C)C(=O)O. The van der Waals surface area contributed by atoms with E-state index in [9.17, 15) is 24.3 Å². The normalized spacial score (nSPS) is 27.8. The van der Waals surface area contributed by atoms with Crippen molar-refractivity contribution in [2.24, 2.45) is 29.1 Å². The van der Waals surface area contributed by atoms with Crippen LogP contribution in [0.15, 0.2) is 35.7 Å². The van der Waals surface area contributed by atoms with Gasteiger partial charge in [0.05, 0.1) is 31.0 Å². The molecule has 4 heterocycles. The maximum absolute atomic E-state index is 14.9. The third-order valence-corrected chi connectivity index (χ3v) is 14.9. The topological polar surface area (TPSA) is 194 Å². The summed E-state index contributed by atoms with van der Waals surface area (Å²) in [5.41, 5.74) is -0.932. The third kappa shape index (κ3) is 9.89. The van der Waals surface area contributed by atoms with Gasteiger partial charge in [0.15, 0.2) is 10.7 Å². The highest BCUT2D eigenvalue weighted by atomic mass is 35.5. The van der Waals surface area contributed by atoms with Crippen molar-refractivity contribution in [1.82, 2.24) is 30.4 Å². The van der Waals surface area contributed by atoms with Crippen molar-refractivity contribution in [1.29, 1.82) is 0 Å². The standard InChI is InChI=1S/C47H62ClN7O9S/c1-8-27-11-12-47(27,43(58)59)53-41(56)35-21-29(23-55(35)42(57)40(46(5,6)7)52-45(60)64-28-19-31-26(4)32(31)20-28)63-37-22-33(34-24-65-44(51-34)49-25(2)3)50-39-30(37)9-10-36(38(39)48)62-18-15-54-13-16-61-17-14-54/h9-12,22,24-29,31-32,35,40H,8,13-21,23H2,1-7H3,(H,49,51)(H,52,60)(H,53,56)(H,58,59)/t26-,27?,28+,29-,31+,32-,35+,40-,47-/m1/s1. The number of morpholine rings is 1. The molecule has 1 unspecified atom stereocenters. The number of anilines is 1. The Bertz CT molecular complexity index is 2300. The molecular weight excluding hydrogens is 874 g/mol. The number of amides is 3. The number of rotatable bonds is 16. The lowest BCUT2D eigenvalue weighted by molar-refractivity contribution is -0.150. The Morgan fingerprint density at radius 2 is 1.78 bits per heavy atom. The van der Waals surface area contributed by atoms with E-state index < -0.39 is 58.9 Å². The summed E-state index contributed by atoms with van der Waals surface area (Å²) in [6.45, 7) is 17.7. The van der Waals surface area contributed by atoms with Gasteiger partial charge in [-0.15, -0.1) is 11.3 Å². The summed E-state index contributed by atoms with van der Waals surface area (Å²) in [6.07, 6.45) is 3.69. The van der Waals surface area contributed by atoms with Gasteiger partial charge in [0.25, 0.3) is 0 Å².